The van der Waals surface area contributed by atoms with E-state index in [1.807, 2.05) is 55.5 Å². The maximum atomic E-state index is 13.3. The Balaban J connectivity index is 1.58. The number of carbonyl (C=O) groups is 1. The van der Waals surface area contributed by atoms with E-state index in [9.17, 15) is 4.79 Å². The van der Waals surface area contributed by atoms with E-state index in [1.54, 1.807) is 4.68 Å². The fraction of sp³-hybridized carbons (Fsp3) is 0.320. The quantitative estimate of drug-likeness (QED) is 0.483. The van der Waals surface area contributed by atoms with Crippen LogP contribution < -0.4 is 15.4 Å². The number of allylic oxidation sites excluding steroid dienone is 1. The molecule has 2 N–H and O–H groups in total. The average Bonchev–Trinajstić information content (AvgIpc) is 3.29. The van der Waals surface area contributed by atoms with E-state index in [0.717, 1.165) is 35.4 Å². The van der Waals surface area contributed by atoms with Crippen molar-refractivity contribution in [2.75, 3.05) is 5.32 Å². The first-order chi connectivity index (χ1) is 16.0. The van der Waals surface area contributed by atoms with Crippen molar-refractivity contribution in [3.63, 3.8) is 0 Å². The van der Waals surface area contributed by atoms with Crippen molar-refractivity contribution in [2.24, 2.45) is 0 Å². The molecule has 0 radical (unpaired) electrons. The summed E-state index contributed by atoms with van der Waals surface area (Å²) in [4.78, 5) is 17.6. The molecular weight excluding hydrogens is 438 g/mol. The van der Waals surface area contributed by atoms with Gasteiger partial charge >= 0.3 is 0 Å². The summed E-state index contributed by atoms with van der Waals surface area (Å²) in [6, 6.07) is 15.1. The van der Waals surface area contributed by atoms with Gasteiger partial charge in [-0.3, -0.25) is 4.79 Å². The number of anilines is 1. The molecule has 1 aromatic heterocycles. The van der Waals surface area contributed by atoms with Crippen LogP contribution in [0.15, 0.2) is 66.1 Å². The monoisotopic (exact) mass is 465 g/mol. The molecule has 0 spiro atoms. The van der Waals surface area contributed by atoms with Crippen LogP contribution in [0, 0.1) is 0 Å². The standard InChI is InChI=1S/C25H28ClN5O2/c1-4-20(5-2)30-24(32)22-16(3)29-25-27-15-28-31(25)23(22)18-8-12-21(13-9-18)33-14-17-6-10-19(26)11-7-17/h6-13,15,20,23H,4-5,14H2,1-3H3,(H,30,32)(H,27,28,29). The number of benzene rings is 2. The fourth-order valence-corrected chi connectivity index (χ4v) is 4.07. The molecule has 0 saturated heterocycles. The fourth-order valence-electron chi connectivity index (χ4n) is 3.94. The first-order valence-corrected chi connectivity index (χ1v) is 11.5. The molecule has 3 aromatic rings. The van der Waals surface area contributed by atoms with Gasteiger partial charge in [0.15, 0.2) is 0 Å². The molecule has 172 valence electrons. The highest BCUT2D eigenvalue weighted by Gasteiger charge is 2.33. The highest BCUT2D eigenvalue weighted by Crippen LogP contribution is 2.35. The second-order valence-corrected chi connectivity index (χ2v) is 8.50. The summed E-state index contributed by atoms with van der Waals surface area (Å²) in [6.45, 7) is 6.49. The van der Waals surface area contributed by atoms with E-state index >= 15 is 0 Å². The lowest BCUT2D eigenvalue weighted by Gasteiger charge is -2.29. The highest BCUT2D eigenvalue weighted by atomic mass is 35.5. The number of nitrogens with one attached hydrogen (secondary N) is 2. The predicted octanol–water partition coefficient (Wildman–Crippen LogP) is 5.10. The van der Waals surface area contributed by atoms with Crippen molar-refractivity contribution in [3.8, 4) is 5.75 Å². The number of carbonyl (C=O) groups excluding carboxylic acids is 1. The van der Waals surface area contributed by atoms with Crippen molar-refractivity contribution in [2.45, 2.75) is 52.3 Å². The van der Waals surface area contributed by atoms with E-state index < -0.39 is 0 Å². The van der Waals surface area contributed by atoms with Crippen LogP contribution in [0.4, 0.5) is 5.95 Å². The molecule has 7 nitrogen and oxygen atoms in total. The molecule has 4 rings (SSSR count). The van der Waals surface area contributed by atoms with Crippen LogP contribution in [-0.2, 0) is 11.4 Å². The highest BCUT2D eigenvalue weighted by molar-refractivity contribution is 6.30. The molecule has 0 aliphatic carbocycles. The van der Waals surface area contributed by atoms with Crippen molar-refractivity contribution in [1.82, 2.24) is 20.1 Å². The van der Waals surface area contributed by atoms with Crippen LogP contribution in [0.2, 0.25) is 5.02 Å². The molecule has 0 fully saturated rings. The zero-order chi connectivity index (χ0) is 23.4. The minimum Gasteiger partial charge on any atom is -0.489 e. The lowest BCUT2D eigenvalue weighted by atomic mass is 9.94. The number of hydrogen-bond donors (Lipinski definition) is 2. The van der Waals surface area contributed by atoms with Gasteiger partial charge in [-0.2, -0.15) is 10.1 Å². The van der Waals surface area contributed by atoms with E-state index in [2.05, 4.69) is 34.6 Å². The molecule has 2 aromatic carbocycles. The van der Waals surface area contributed by atoms with Crippen LogP contribution >= 0.6 is 11.6 Å². The second kappa shape index (κ2) is 10.1. The zero-order valence-corrected chi connectivity index (χ0v) is 19.8. The molecule has 2 heterocycles. The summed E-state index contributed by atoms with van der Waals surface area (Å²) in [7, 11) is 0. The van der Waals surface area contributed by atoms with Crippen LogP contribution in [0.3, 0.4) is 0 Å². The summed E-state index contributed by atoms with van der Waals surface area (Å²) in [5.74, 6) is 1.26. The summed E-state index contributed by atoms with van der Waals surface area (Å²) in [6.07, 6.45) is 3.25. The van der Waals surface area contributed by atoms with Crippen LogP contribution in [0.1, 0.15) is 50.8 Å². The first-order valence-electron chi connectivity index (χ1n) is 11.2. The number of amides is 1. The van der Waals surface area contributed by atoms with Crippen LogP contribution in [0.25, 0.3) is 0 Å². The number of aromatic nitrogens is 3. The molecule has 1 atom stereocenters. The lowest BCUT2D eigenvalue weighted by molar-refractivity contribution is -0.118. The first kappa shape index (κ1) is 22.9. The summed E-state index contributed by atoms with van der Waals surface area (Å²) < 4.78 is 7.67. The normalized spacial score (nSPS) is 15.2. The van der Waals surface area contributed by atoms with Gasteiger partial charge in [0, 0.05) is 16.8 Å². The summed E-state index contributed by atoms with van der Waals surface area (Å²) in [5.41, 5.74) is 3.37. The Kier molecular flexibility index (Phi) is 6.99. The van der Waals surface area contributed by atoms with Gasteiger partial charge in [0.05, 0.1) is 5.57 Å². The van der Waals surface area contributed by atoms with Gasteiger partial charge in [-0.15, -0.1) is 0 Å². The Hall–Kier alpha value is -3.32. The second-order valence-electron chi connectivity index (χ2n) is 8.07. The molecule has 8 heteroatoms. The number of fused-ring (bicyclic) bond motifs is 1. The lowest BCUT2D eigenvalue weighted by Crippen LogP contribution is -2.39. The van der Waals surface area contributed by atoms with E-state index in [4.69, 9.17) is 16.3 Å². The third kappa shape index (κ3) is 5.03. The molecule has 0 bridgehead atoms. The Labute approximate surface area is 198 Å². The van der Waals surface area contributed by atoms with Gasteiger partial charge in [-0.25, -0.2) is 4.68 Å². The number of nitrogens with zero attached hydrogens (tertiary/aromatic N) is 3. The van der Waals surface area contributed by atoms with E-state index in [0.29, 0.717) is 23.2 Å². The number of rotatable bonds is 8. The number of hydrogen-bond acceptors (Lipinski definition) is 5. The van der Waals surface area contributed by atoms with Gasteiger partial charge < -0.3 is 15.4 Å². The molecular formula is C25H28ClN5O2. The third-order valence-corrected chi connectivity index (χ3v) is 6.13. The van der Waals surface area contributed by atoms with Crippen LogP contribution in [0.5, 0.6) is 5.75 Å². The van der Waals surface area contributed by atoms with Crippen molar-refractivity contribution < 1.29 is 9.53 Å². The van der Waals surface area contributed by atoms with E-state index in [-0.39, 0.29) is 18.0 Å². The topological polar surface area (TPSA) is 81.1 Å². The molecule has 0 saturated carbocycles. The average molecular weight is 466 g/mol. The molecule has 1 aliphatic rings. The maximum Gasteiger partial charge on any atom is 0.251 e. The third-order valence-electron chi connectivity index (χ3n) is 5.87. The van der Waals surface area contributed by atoms with Gasteiger partial charge in [-0.1, -0.05) is 49.7 Å². The summed E-state index contributed by atoms with van der Waals surface area (Å²) >= 11 is 5.95. The minimum absolute atomic E-state index is 0.0945. The van der Waals surface area contributed by atoms with Gasteiger partial charge in [0.25, 0.3) is 5.91 Å². The van der Waals surface area contributed by atoms with Crippen molar-refractivity contribution in [3.05, 3.63) is 82.3 Å². The van der Waals surface area contributed by atoms with E-state index in [1.165, 1.54) is 6.33 Å². The SMILES string of the molecule is CCC(CC)NC(=O)C1=C(C)Nc2ncnn2C1c1ccc(OCc2ccc(Cl)cc2)cc1. The van der Waals surface area contributed by atoms with Gasteiger partial charge in [-0.05, 0) is 55.2 Å². The smallest absolute Gasteiger partial charge is 0.251 e. The molecule has 33 heavy (non-hydrogen) atoms. The Morgan fingerprint density at radius 3 is 2.52 bits per heavy atom. The number of ether oxygens (including phenoxy) is 1. The summed E-state index contributed by atoms with van der Waals surface area (Å²) in [5, 5.41) is 11.5. The Bertz CT molecular complexity index is 1130. The van der Waals surface area contributed by atoms with Crippen molar-refractivity contribution in [1.29, 1.82) is 0 Å². The Morgan fingerprint density at radius 2 is 1.85 bits per heavy atom. The van der Waals surface area contributed by atoms with Crippen molar-refractivity contribution >= 4 is 23.5 Å². The maximum absolute atomic E-state index is 13.3. The molecule has 1 aliphatic heterocycles. The zero-order valence-electron chi connectivity index (χ0n) is 19.0. The minimum atomic E-state index is -0.386. The largest absolute Gasteiger partial charge is 0.489 e. The molecule has 1 amide bonds. The van der Waals surface area contributed by atoms with Gasteiger partial charge in [0.2, 0.25) is 5.95 Å². The number of halogens is 1. The van der Waals surface area contributed by atoms with Crippen LogP contribution in [-0.4, -0.2) is 26.7 Å². The Morgan fingerprint density at radius 1 is 1.15 bits per heavy atom. The molecule has 1 unspecified atom stereocenters. The predicted molar refractivity (Wildman–Crippen MR) is 129 cm³/mol. The van der Waals surface area contributed by atoms with Gasteiger partial charge in [0.1, 0.15) is 24.7 Å².